The molecular formula is C23H26Cl2N2O2S. The predicted molar refractivity (Wildman–Crippen MR) is 122 cm³/mol. The number of amides is 2. The predicted octanol–water partition coefficient (Wildman–Crippen LogP) is 5.57. The van der Waals surface area contributed by atoms with Crippen LogP contribution in [0.2, 0.25) is 10.0 Å². The zero-order chi connectivity index (χ0) is 21.4. The normalized spacial score (nSPS) is 18.8. The highest BCUT2D eigenvalue weighted by Gasteiger charge is 2.37. The summed E-state index contributed by atoms with van der Waals surface area (Å²) >= 11 is 14.4. The lowest BCUT2D eigenvalue weighted by Crippen LogP contribution is -2.50. The summed E-state index contributed by atoms with van der Waals surface area (Å²) in [5, 5.41) is 3.19. The fourth-order valence-corrected chi connectivity index (χ4v) is 5.70. The van der Waals surface area contributed by atoms with Crippen LogP contribution in [0, 0.1) is 5.92 Å². The molecule has 1 aliphatic heterocycles. The van der Waals surface area contributed by atoms with Crippen LogP contribution in [0.15, 0.2) is 29.6 Å². The molecule has 0 saturated heterocycles. The highest BCUT2D eigenvalue weighted by molar-refractivity contribution is 7.10. The number of hydrogen-bond donors (Lipinski definition) is 0. The number of carbonyl (C=O) groups excluding carboxylic acids is 2. The Bertz CT molecular complexity index is 954. The Balaban J connectivity index is 1.64. The van der Waals surface area contributed by atoms with E-state index in [-0.39, 0.29) is 36.4 Å². The van der Waals surface area contributed by atoms with Gasteiger partial charge in [0.15, 0.2) is 0 Å². The van der Waals surface area contributed by atoms with Gasteiger partial charge in [0.25, 0.3) is 0 Å². The molecule has 1 aromatic carbocycles. The number of carbonyl (C=O) groups is 2. The van der Waals surface area contributed by atoms with Crippen molar-refractivity contribution in [2.24, 2.45) is 5.92 Å². The number of benzene rings is 1. The Morgan fingerprint density at radius 1 is 1.20 bits per heavy atom. The lowest BCUT2D eigenvalue weighted by Gasteiger charge is -2.39. The largest absolute Gasteiger partial charge is 0.331 e. The van der Waals surface area contributed by atoms with Crippen molar-refractivity contribution in [3.8, 4) is 0 Å². The van der Waals surface area contributed by atoms with Gasteiger partial charge in [0.05, 0.1) is 6.04 Å². The van der Waals surface area contributed by atoms with Gasteiger partial charge in [0, 0.05) is 33.4 Å². The fraction of sp³-hybridized carbons (Fsp3) is 0.478. The zero-order valence-corrected chi connectivity index (χ0v) is 19.6. The molecule has 1 saturated carbocycles. The van der Waals surface area contributed by atoms with Crippen molar-refractivity contribution in [2.75, 3.05) is 13.1 Å². The van der Waals surface area contributed by atoms with E-state index in [9.17, 15) is 9.59 Å². The minimum Gasteiger partial charge on any atom is -0.331 e. The summed E-state index contributed by atoms with van der Waals surface area (Å²) in [6.07, 6.45) is 3.78. The lowest BCUT2D eigenvalue weighted by atomic mass is 9.84. The minimum atomic E-state index is -0.259. The molecule has 2 aliphatic rings. The quantitative estimate of drug-likeness (QED) is 0.580. The highest BCUT2D eigenvalue weighted by Crippen LogP contribution is 2.41. The Morgan fingerprint density at radius 3 is 2.60 bits per heavy atom. The number of hydrogen-bond acceptors (Lipinski definition) is 3. The molecule has 2 heterocycles. The number of fused-ring (bicyclic) bond motifs is 1. The van der Waals surface area contributed by atoms with Gasteiger partial charge >= 0.3 is 0 Å². The van der Waals surface area contributed by atoms with Gasteiger partial charge in [-0.2, -0.15) is 0 Å². The zero-order valence-electron chi connectivity index (χ0n) is 17.2. The van der Waals surface area contributed by atoms with Crippen molar-refractivity contribution in [1.29, 1.82) is 0 Å². The van der Waals surface area contributed by atoms with Crippen LogP contribution < -0.4 is 0 Å². The van der Waals surface area contributed by atoms with E-state index in [0.717, 1.165) is 36.8 Å². The topological polar surface area (TPSA) is 40.6 Å². The highest BCUT2D eigenvalue weighted by atomic mass is 35.5. The van der Waals surface area contributed by atoms with E-state index in [1.54, 1.807) is 22.3 Å². The summed E-state index contributed by atoms with van der Waals surface area (Å²) in [6.45, 7) is 4.67. The van der Waals surface area contributed by atoms with Crippen molar-refractivity contribution in [1.82, 2.24) is 9.80 Å². The summed E-state index contributed by atoms with van der Waals surface area (Å²) in [4.78, 5) is 31.3. The molecule has 7 heteroatoms. The molecular weight excluding hydrogens is 439 g/mol. The van der Waals surface area contributed by atoms with Gasteiger partial charge in [-0.25, -0.2) is 0 Å². The Labute approximate surface area is 191 Å². The molecule has 4 nitrogen and oxygen atoms in total. The first kappa shape index (κ1) is 21.7. The summed E-state index contributed by atoms with van der Waals surface area (Å²) < 4.78 is 0. The van der Waals surface area contributed by atoms with E-state index in [2.05, 4.69) is 11.4 Å². The van der Waals surface area contributed by atoms with Gasteiger partial charge in [-0.15, -0.1) is 11.3 Å². The Kier molecular flexibility index (Phi) is 6.42. The molecule has 4 rings (SSSR count). The Hall–Kier alpha value is -1.56. The van der Waals surface area contributed by atoms with Crippen LogP contribution in [0.3, 0.4) is 0 Å². The summed E-state index contributed by atoms with van der Waals surface area (Å²) in [7, 11) is 0. The van der Waals surface area contributed by atoms with Crippen LogP contribution in [0.5, 0.6) is 0 Å². The van der Waals surface area contributed by atoms with E-state index in [1.807, 2.05) is 30.9 Å². The van der Waals surface area contributed by atoms with E-state index in [1.165, 1.54) is 4.88 Å². The average Bonchev–Trinajstić information content (AvgIpc) is 3.12. The minimum absolute atomic E-state index is 0.0129. The third kappa shape index (κ3) is 4.12. The lowest BCUT2D eigenvalue weighted by molar-refractivity contribution is -0.147. The van der Waals surface area contributed by atoms with Crippen molar-refractivity contribution in [3.05, 3.63) is 55.7 Å². The third-order valence-electron chi connectivity index (χ3n) is 6.21. The van der Waals surface area contributed by atoms with Crippen molar-refractivity contribution >= 4 is 46.4 Å². The second-order valence-corrected chi connectivity index (χ2v) is 10.2. The molecule has 0 radical (unpaired) electrons. The summed E-state index contributed by atoms with van der Waals surface area (Å²) in [5.74, 6) is 0.148. The number of halogens is 2. The Morgan fingerprint density at radius 2 is 1.97 bits per heavy atom. The van der Waals surface area contributed by atoms with Gasteiger partial charge < -0.3 is 9.80 Å². The summed E-state index contributed by atoms with van der Waals surface area (Å²) in [5.41, 5.74) is 1.99. The van der Waals surface area contributed by atoms with Crippen LogP contribution in [-0.2, 0) is 16.0 Å². The first-order valence-corrected chi connectivity index (χ1v) is 12.1. The molecule has 0 bridgehead atoms. The van der Waals surface area contributed by atoms with Gasteiger partial charge in [0.1, 0.15) is 6.54 Å². The summed E-state index contributed by atoms with van der Waals surface area (Å²) in [6, 6.07) is 7.25. The molecule has 1 fully saturated rings. The second kappa shape index (κ2) is 8.89. The van der Waals surface area contributed by atoms with Crippen LogP contribution in [0.25, 0.3) is 0 Å². The maximum atomic E-state index is 13.5. The molecule has 160 valence electrons. The smallest absolute Gasteiger partial charge is 0.243 e. The van der Waals surface area contributed by atoms with Gasteiger partial charge in [-0.1, -0.05) is 35.7 Å². The van der Waals surface area contributed by atoms with Crippen molar-refractivity contribution < 1.29 is 9.59 Å². The van der Waals surface area contributed by atoms with Crippen LogP contribution in [-0.4, -0.2) is 40.7 Å². The first-order valence-electron chi connectivity index (χ1n) is 10.5. The van der Waals surface area contributed by atoms with E-state index >= 15 is 0 Å². The van der Waals surface area contributed by atoms with Crippen molar-refractivity contribution in [2.45, 2.75) is 51.6 Å². The third-order valence-corrected chi connectivity index (χ3v) is 7.77. The maximum Gasteiger partial charge on any atom is 0.243 e. The fourth-order valence-electron chi connectivity index (χ4n) is 4.28. The number of rotatable bonds is 5. The molecule has 1 aliphatic carbocycles. The molecule has 2 amide bonds. The number of thiophene rings is 1. The molecule has 1 unspecified atom stereocenters. The van der Waals surface area contributed by atoms with Gasteiger partial charge in [-0.3, -0.25) is 9.59 Å². The second-order valence-electron chi connectivity index (χ2n) is 8.39. The molecule has 2 aromatic rings. The standard InChI is InChI=1S/C23H26Cl2N2O2S/c1-14(2)27(23(29)15-4-3-5-15)13-21(28)26-10-8-20-18(9-11-30-20)22(26)17-7-6-16(24)12-19(17)25/h6-7,9,11-12,14-15,22H,3-5,8,10,13H2,1-2H3. The van der Waals surface area contributed by atoms with Crippen LogP contribution in [0.1, 0.15) is 55.2 Å². The molecule has 1 aromatic heterocycles. The molecule has 1 atom stereocenters. The van der Waals surface area contributed by atoms with Crippen molar-refractivity contribution in [3.63, 3.8) is 0 Å². The van der Waals surface area contributed by atoms with Crippen LogP contribution in [0.4, 0.5) is 0 Å². The van der Waals surface area contributed by atoms with E-state index in [4.69, 9.17) is 23.2 Å². The van der Waals surface area contributed by atoms with Crippen LogP contribution >= 0.6 is 34.5 Å². The van der Waals surface area contributed by atoms with E-state index < -0.39 is 0 Å². The molecule has 30 heavy (non-hydrogen) atoms. The van der Waals surface area contributed by atoms with Gasteiger partial charge in [-0.05, 0) is 67.8 Å². The molecule has 0 N–H and O–H groups in total. The maximum absolute atomic E-state index is 13.5. The van der Waals surface area contributed by atoms with Gasteiger partial charge in [0.2, 0.25) is 11.8 Å². The first-order chi connectivity index (χ1) is 14.4. The number of nitrogens with zero attached hydrogens (tertiary/aromatic N) is 2. The molecule has 0 spiro atoms. The SMILES string of the molecule is CC(C)N(CC(=O)N1CCc2sccc2C1c1ccc(Cl)cc1Cl)C(=O)C1CCC1. The average molecular weight is 465 g/mol. The monoisotopic (exact) mass is 464 g/mol. The van der Waals surface area contributed by atoms with E-state index in [0.29, 0.717) is 16.6 Å².